The molecule has 3 aromatic rings. The molecule has 1 aromatic heterocycles. The highest BCUT2D eigenvalue weighted by atomic mass is 32.1. The van der Waals surface area contributed by atoms with Crippen LogP contribution in [0.1, 0.15) is 5.56 Å². The number of hydrogen-bond donors (Lipinski definition) is 2. The van der Waals surface area contributed by atoms with E-state index in [1.54, 1.807) is 36.5 Å². The van der Waals surface area contributed by atoms with Crippen molar-refractivity contribution in [1.82, 2.24) is 19.4 Å². The van der Waals surface area contributed by atoms with Crippen molar-refractivity contribution in [2.24, 2.45) is 4.99 Å². The molecule has 0 aliphatic carbocycles. The fourth-order valence-corrected chi connectivity index (χ4v) is 4.99. The minimum Gasteiger partial charge on any atom is -0.494 e. The zero-order valence-corrected chi connectivity index (χ0v) is 22.1. The second-order valence-corrected chi connectivity index (χ2v) is 9.59. The molecule has 3 aliphatic rings. The van der Waals surface area contributed by atoms with Crippen LogP contribution in [0, 0.1) is 4.77 Å². The van der Waals surface area contributed by atoms with E-state index in [1.165, 1.54) is 15.5 Å². The van der Waals surface area contributed by atoms with Gasteiger partial charge in [-0.1, -0.05) is 24.3 Å². The molecule has 4 heterocycles. The maximum absolute atomic E-state index is 13.6. The average Bonchev–Trinajstić information content (AvgIpc) is 2.98. The molecule has 202 valence electrons. The van der Waals surface area contributed by atoms with Crippen LogP contribution in [0.25, 0.3) is 11.8 Å². The van der Waals surface area contributed by atoms with Gasteiger partial charge in [0.2, 0.25) is 5.88 Å². The number of morpholine rings is 1. The number of amides is 1. The van der Waals surface area contributed by atoms with Gasteiger partial charge in [-0.3, -0.25) is 24.0 Å². The number of carbonyl (C=O) groups excluding carboxylic acids is 1. The molecule has 1 saturated heterocycles. The fraction of sp³-hybridized carbons (Fsp3) is 0.172. The number of allylic oxidation sites excluding steroid dienone is 2. The summed E-state index contributed by atoms with van der Waals surface area (Å²) in [7, 11) is 0. The molecule has 2 aromatic carbocycles. The van der Waals surface area contributed by atoms with Gasteiger partial charge < -0.3 is 19.5 Å². The van der Waals surface area contributed by atoms with Crippen molar-refractivity contribution < 1.29 is 19.4 Å². The Balaban J connectivity index is 1.41. The van der Waals surface area contributed by atoms with Gasteiger partial charge in [0, 0.05) is 19.3 Å². The Bertz CT molecular complexity index is 1680. The van der Waals surface area contributed by atoms with Gasteiger partial charge in [-0.2, -0.15) is 0 Å². The molecule has 3 aliphatic heterocycles. The number of ether oxygens (including phenoxy) is 2. The van der Waals surface area contributed by atoms with Crippen LogP contribution < -0.4 is 10.3 Å². The lowest BCUT2D eigenvalue weighted by molar-refractivity contribution is -0.125. The van der Waals surface area contributed by atoms with Gasteiger partial charge in [-0.25, -0.2) is 4.99 Å². The summed E-state index contributed by atoms with van der Waals surface area (Å²) in [4.78, 5) is 37.6. The van der Waals surface area contributed by atoms with E-state index in [-0.39, 0.29) is 21.8 Å². The summed E-state index contributed by atoms with van der Waals surface area (Å²) in [5.41, 5.74) is -0.0488. The van der Waals surface area contributed by atoms with Crippen molar-refractivity contribution >= 4 is 30.0 Å². The van der Waals surface area contributed by atoms with Crippen LogP contribution in [0.2, 0.25) is 0 Å². The number of aromatic amines is 1. The Morgan fingerprint density at radius 3 is 2.50 bits per heavy atom. The smallest absolute Gasteiger partial charge is 0.263 e. The van der Waals surface area contributed by atoms with Crippen LogP contribution in [0.5, 0.6) is 17.4 Å². The second kappa shape index (κ2) is 10.8. The lowest BCUT2D eigenvalue weighted by Crippen LogP contribution is -2.50. The topological polar surface area (TPSA) is 112 Å². The number of nitrogens with zero attached hydrogens (tertiary/aromatic N) is 4. The summed E-state index contributed by atoms with van der Waals surface area (Å²) >= 11 is 5.39. The molecular formula is C29H25N5O5S. The van der Waals surface area contributed by atoms with E-state index < -0.39 is 17.6 Å². The molecule has 11 heteroatoms. The Kier molecular flexibility index (Phi) is 6.89. The molecule has 0 spiro atoms. The molecule has 40 heavy (non-hydrogen) atoms. The third-order valence-corrected chi connectivity index (χ3v) is 6.97. The quantitative estimate of drug-likeness (QED) is 0.372. The summed E-state index contributed by atoms with van der Waals surface area (Å²) in [6.07, 6.45) is 7.94. The summed E-state index contributed by atoms with van der Waals surface area (Å²) in [6, 6.07) is 16.2. The number of nitrogens with one attached hydrogen (secondary N) is 1. The third kappa shape index (κ3) is 4.88. The van der Waals surface area contributed by atoms with Crippen LogP contribution in [-0.4, -0.2) is 68.7 Å². The molecule has 1 atom stereocenters. The predicted octanol–water partition coefficient (Wildman–Crippen LogP) is 3.76. The minimum atomic E-state index is -0.624. The maximum atomic E-state index is 13.6. The van der Waals surface area contributed by atoms with E-state index in [4.69, 9.17) is 26.7 Å². The van der Waals surface area contributed by atoms with Crippen LogP contribution in [0.15, 0.2) is 94.4 Å². The summed E-state index contributed by atoms with van der Waals surface area (Å²) in [5.74, 6) is 0.985. The fourth-order valence-electron chi connectivity index (χ4n) is 4.70. The molecule has 0 saturated carbocycles. The van der Waals surface area contributed by atoms with Crippen LogP contribution in [0.3, 0.4) is 0 Å². The number of para-hydroxylation sites is 1. The van der Waals surface area contributed by atoms with Crippen molar-refractivity contribution in [3.05, 3.63) is 105 Å². The van der Waals surface area contributed by atoms with Crippen molar-refractivity contribution in [1.29, 1.82) is 0 Å². The lowest BCUT2D eigenvalue weighted by Gasteiger charge is -2.37. The number of carbonyl (C=O) groups is 1. The largest absolute Gasteiger partial charge is 0.494 e. The first kappa shape index (κ1) is 25.5. The zero-order valence-electron chi connectivity index (χ0n) is 21.3. The first-order valence-electron chi connectivity index (χ1n) is 12.7. The van der Waals surface area contributed by atoms with Gasteiger partial charge in [0.25, 0.3) is 11.5 Å². The zero-order chi connectivity index (χ0) is 27.6. The molecule has 6 rings (SSSR count). The Hall–Kier alpha value is -4.74. The first-order valence-corrected chi connectivity index (χ1v) is 13.1. The van der Waals surface area contributed by atoms with Crippen LogP contribution in [-0.2, 0) is 9.53 Å². The number of aromatic hydroxyl groups is 1. The van der Waals surface area contributed by atoms with Gasteiger partial charge in [0.1, 0.15) is 29.1 Å². The highest BCUT2D eigenvalue weighted by Crippen LogP contribution is 2.29. The van der Waals surface area contributed by atoms with E-state index in [0.717, 1.165) is 0 Å². The highest BCUT2D eigenvalue weighted by Gasteiger charge is 2.35. The molecule has 0 bridgehead atoms. The minimum absolute atomic E-state index is 0.00239. The lowest BCUT2D eigenvalue weighted by atomic mass is 10.0. The van der Waals surface area contributed by atoms with Gasteiger partial charge in [0.05, 0.1) is 24.5 Å². The molecule has 0 radical (unpaired) electrons. The number of hydrogen-bond acceptors (Lipinski definition) is 8. The molecule has 1 unspecified atom stereocenters. The van der Waals surface area contributed by atoms with E-state index in [0.29, 0.717) is 49.3 Å². The second-order valence-electron chi connectivity index (χ2n) is 9.20. The summed E-state index contributed by atoms with van der Waals surface area (Å²) in [6.45, 7) is 2.07. The number of fused-ring (bicyclic) bond motifs is 1. The van der Waals surface area contributed by atoms with E-state index in [2.05, 4.69) is 4.98 Å². The van der Waals surface area contributed by atoms with Crippen LogP contribution in [0.4, 0.5) is 0 Å². The van der Waals surface area contributed by atoms with Crippen molar-refractivity contribution in [3.63, 3.8) is 0 Å². The van der Waals surface area contributed by atoms with Gasteiger partial charge in [-0.15, -0.1) is 0 Å². The van der Waals surface area contributed by atoms with Crippen molar-refractivity contribution in [2.75, 3.05) is 26.3 Å². The van der Waals surface area contributed by atoms with E-state index in [1.807, 2.05) is 47.4 Å². The normalized spacial score (nSPS) is 19.5. The number of aliphatic imine (C=N–C) groups is 1. The van der Waals surface area contributed by atoms with E-state index >= 15 is 0 Å². The SMILES string of the molecule is O=C1C(=Cc2c(O)n(-c3ccc(Oc4ccccc4)cc3)c(=S)[nH]c2=O)C(N2CCOCC2)=NC2C=CC=CN12. The standard InChI is InChI=1S/C29H25N5O5S/c35-26-23(18-22-25(32-14-16-38-17-15-32)30-24-8-4-5-13-33(24)27(22)36)28(37)34(29(40)31-26)19-9-11-21(12-10-19)39-20-6-2-1-3-7-20/h1-13,18,24,37H,14-17H2,(H,31,35,40). The maximum Gasteiger partial charge on any atom is 0.263 e. The van der Waals surface area contributed by atoms with Crippen LogP contribution >= 0.6 is 12.2 Å². The number of aromatic nitrogens is 2. The van der Waals surface area contributed by atoms with Gasteiger partial charge in [0.15, 0.2) is 4.77 Å². The van der Waals surface area contributed by atoms with Crippen molar-refractivity contribution in [3.8, 4) is 23.1 Å². The van der Waals surface area contributed by atoms with E-state index in [9.17, 15) is 14.7 Å². The molecule has 10 nitrogen and oxygen atoms in total. The Morgan fingerprint density at radius 1 is 1.02 bits per heavy atom. The summed E-state index contributed by atoms with van der Waals surface area (Å²) < 4.78 is 12.7. The Morgan fingerprint density at radius 2 is 1.75 bits per heavy atom. The first-order chi connectivity index (χ1) is 19.5. The molecule has 2 N–H and O–H groups in total. The number of H-pyrrole nitrogens is 1. The predicted molar refractivity (Wildman–Crippen MR) is 152 cm³/mol. The Labute approximate surface area is 234 Å². The molecule has 1 amide bonds. The van der Waals surface area contributed by atoms with Gasteiger partial charge in [-0.05, 0) is 66.8 Å². The highest BCUT2D eigenvalue weighted by molar-refractivity contribution is 7.71. The number of amidine groups is 1. The average molecular weight is 556 g/mol. The monoisotopic (exact) mass is 555 g/mol. The summed E-state index contributed by atoms with van der Waals surface area (Å²) in [5, 5.41) is 11.3. The van der Waals surface area contributed by atoms with Crippen molar-refractivity contribution in [2.45, 2.75) is 6.17 Å². The van der Waals surface area contributed by atoms with Gasteiger partial charge >= 0.3 is 0 Å². The molecule has 1 fully saturated rings. The third-order valence-electron chi connectivity index (χ3n) is 6.68. The number of rotatable bonds is 4. The molecular weight excluding hydrogens is 530 g/mol. The number of benzene rings is 2.